The Labute approximate surface area is 224 Å². The zero-order valence-electron chi connectivity index (χ0n) is 22.6. The van der Waals surface area contributed by atoms with E-state index in [2.05, 4.69) is 33.0 Å². The summed E-state index contributed by atoms with van der Waals surface area (Å²) in [7, 11) is 0. The van der Waals surface area contributed by atoms with Crippen LogP contribution < -0.4 is 20.9 Å². The van der Waals surface area contributed by atoms with Crippen molar-refractivity contribution in [3.8, 4) is 0 Å². The first-order valence-electron chi connectivity index (χ1n) is 13.5. The minimum Gasteiger partial charge on any atom is -0.383 e. The third-order valence-electron chi connectivity index (χ3n) is 6.74. The van der Waals surface area contributed by atoms with E-state index in [9.17, 15) is 18.0 Å². The average Bonchev–Trinajstić information content (AvgIpc) is 2.90. The number of nitrogens with one attached hydrogen (secondary N) is 3. The Morgan fingerprint density at radius 1 is 1.03 bits per heavy atom. The highest BCUT2D eigenvalue weighted by atomic mass is 19.4. The fourth-order valence-corrected chi connectivity index (χ4v) is 4.54. The molecule has 1 fully saturated rings. The lowest BCUT2D eigenvalue weighted by Gasteiger charge is -2.30. The number of halogens is 3. The van der Waals surface area contributed by atoms with Crippen molar-refractivity contribution in [2.45, 2.75) is 64.3 Å². The van der Waals surface area contributed by atoms with Crippen LogP contribution in [-0.4, -0.2) is 63.1 Å². The summed E-state index contributed by atoms with van der Waals surface area (Å²) in [5, 5.41) is 8.97. The lowest BCUT2D eigenvalue weighted by atomic mass is 9.99. The van der Waals surface area contributed by atoms with Gasteiger partial charge >= 0.3 is 6.18 Å². The molecule has 9 heteroatoms. The number of benzene rings is 2. The van der Waals surface area contributed by atoms with E-state index in [0.717, 1.165) is 37.7 Å². The second-order valence-electron chi connectivity index (χ2n) is 10.3. The Bertz CT molecular complexity index is 964. The van der Waals surface area contributed by atoms with Gasteiger partial charge in [0.15, 0.2) is 0 Å². The second-order valence-corrected chi connectivity index (χ2v) is 10.3. The fourth-order valence-electron chi connectivity index (χ4n) is 4.54. The van der Waals surface area contributed by atoms with Crippen molar-refractivity contribution in [1.82, 2.24) is 10.6 Å². The third-order valence-corrected chi connectivity index (χ3v) is 6.74. The molecule has 1 aliphatic rings. The maximum Gasteiger partial charge on any atom is 0.404 e. The Hall–Kier alpha value is -2.78. The van der Waals surface area contributed by atoms with E-state index < -0.39 is 24.2 Å². The van der Waals surface area contributed by atoms with Gasteiger partial charge in [-0.05, 0) is 55.0 Å². The van der Waals surface area contributed by atoms with Gasteiger partial charge in [-0.2, -0.15) is 13.2 Å². The van der Waals surface area contributed by atoms with Gasteiger partial charge in [0.2, 0.25) is 5.91 Å². The first-order chi connectivity index (χ1) is 18.2. The lowest BCUT2D eigenvalue weighted by Crippen LogP contribution is -2.56. The molecule has 2 aromatic rings. The molecule has 1 heterocycles. The number of carbonyl (C=O) groups excluding carboxylic acids is 1. The van der Waals surface area contributed by atoms with Gasteiger partial charge < -0.3 is 20.3 Å². The van der Waals surface area contributed by atoms with Gasteiger partial charge in [-0.1, -0.05) is 51.1 Å². The van der Waals surface area contributed by atoms with Gasteiger partial charge in [0.1, 0.15) is 6.04 Å². The van der Waals surface area contributed by atoms with Crippen LogP contribution in [0.4, 0.5) is 24.5 Å². The number of morpholine rings is 1. The summed E-state index contributed by atoms with van der Waals surface area (Å²) in [6, 6.07) is 13.7. The number of amides is 1. The molecule has 0 radical (unpaired) electrons. The number of nitrogens with zero attached hydrogens (tertiary/aromatic N) is 1. The molecule has 6 nitrogen and oxygen atoms in total. The summed E-state index contributed by atoms with van der Waals surface area (Å²) in [6.07, 6.45) is -3.76. The number of hydrogen-bond acceptors (Lipinski definition) is 5. The molecule has 0 unspecified atom stereocenters. The summed E-state index contributed by atoms with van der Waals surface area (Å²) in [5.41, 5.74) is 2.63. The molecule has 0 bridgehead atoms. The number of alkyl halides is 3. The van der Waals surface area contributed by atoms with Gasteiger partial charge in [-0.15, -0.1) is 0 Å². The van der Waals surface area contributed by atoms with Crippen molar-refractivity contribution in [3.05, 3.63) is 60.2 Å². The van der Waals surface area contributed by atoms with Crippen LogP contribution in [0.2, 0.25) is 0 Å². The van der Waals surface area contributed by atoms with Crippen LogP contribution in [0.15, 0.2) is 54.6 Å². The molecule has 3 atom stereocenters. The van der Waals surface area contributed by atoms with Gasteiger partial charge in [0.05, 0.1) is 19.3 Å². The molecule has 1 saturated heterocycles. The van der Waals surface area contributed by atoms with Gasteiger partial charge in [-0.25, -0.2) is 0 Å². The Kier molecular flexibility index (Phi) is 11.3. The summed E-state index contributed by atoms with van der Waals surface area (Å²) >= 11 is 0. The number of hydrogen-bond donors (Lipinski definition) is 3. The van der Waals surface area contributed by atoms with Crippen molar-refractivity contribution in [2.24, 2.45) is 5.92 Å². The first-order valence-corrected chi connectivity index (χ1v) is 13.5. The Balaban J connectivity index is 1.60. The van der Waals surface area contributed by atoms with Crippen molar-refractivity contribution in [1.29, 1.82) is 0 Å². The van der Waals surface area contributed by atoms with Crippen LogP contribution in [0.5, 0.6) is 0 Å². The maximum absolute atomic E-state index is 13.9. The van der Waals surface area contributed by atoms with Gasteiger partial charge in [0.25, 0.3) is 0 Å². The summed E-state index contributed by atoms with van der Waals surface area (Å²) in [4.78, 5) is 15.5. The van der Waals surface area contributed by atoms with Gasteiger partial charge in [0, 0.05) is 37.1 Å². The highest BCUT2D eigenvalue weighted by molar-refractivity contribution is 5.82. The predicted octanol–water partition coefficient (Wildman–Crippen LogP) is 5.01. The zero-order chi connectivity index (χ0) is 27.5. The van der Waals surface area contributed by atoms with Crippen molar-refractivity contribution in [3.63, 3.8) is 0 Å². The lowest BCUT2D eigenvalue weighted by molar-refractivity contribution is -0.159. The standard InChI is InChI=1S/C29H41F3N4O2/c1-4-23(20-33-24-10-12-25(13-11-24)36-14-16-38-17-15-36)34-28(37)26(18-21(2)3)35-27(29(30,31)32)19-22-8-6-5-7-9-22/h5-13,21,23,26-27,33,35H,4,14-20H2,1-3H3,(H,34,37)/t23-,26-,27-/m0/s1. The number of ether oxygens (including phenoxy) is 1. The molecule has 3 rings (SSSR count). The highest BCUT2D eigenvalue weighted by Gasteiger charge is 2.41. The molecular weight excluding hydrogens is 493 g/mol. The van der Waals surface area contributed by atoms with Gasteiger partial charge in [-0.3, -0.25) is 10.1 Å². The van der Waals surface area contributed by atoms with E-state index >= 15 is 0 Å². The van der Waals surface area contributed by atoms with Crippen LogP contribution >= 0.6 is 0 Å². The first kappa shape index (κ1) is 29.8. The fraction of sp³-hybridized carbons (Fsp3) is 0.552. The van der Waals surface area contributed by atoms with Crippen LogP contribution in [0.1, 0.15) is 39.2 Å². The van der Waals surface area contributed by atoms with E-state index in [1.807, 2.05) is 32.9 Å². The van der Waals surface area contributed by atoms with Crippen molar-refractivity contribution in [2.75, 3.05) is 43.1 Å². The van der Waals surface area contributed by atoms with E-state index in [0.29, 0.717) is 24.9 Å². The Morgan fingerprint density at radius 2 is 1.68 bits per heavy atom. The topological polar surface area (TPSA) is 65.6 Å². The number of carbonyl (C=O) groups is 1. The van der Waals surface area contributed by atoms with Crippen LogP contribution in [0.25, 0.3) is 0 Å². The molecule has 38 heavy (non-hydrogen) atoms. The zero-order valence-corrected chi connectivity index (χ0v) is 22.6. The molecule has 0 saturated carbocycles. The third kappa shape index (κ3) is 9.51. The molecule has 1 aliphatic heterocycles. The maximum atomic E-state index is 13.9. The van der Waals surface area contributed by atoms with E-state index in [-0.39, 0.29) is 18.4 Å². The van der Waals surface area contributed by atoms with Crippen molar-refractivity contribution < 1.29 is 22.7 Å². The predicted molar refractivity (Wildman–Crippen MR) is 147 cm³/mol. The Morgan fingerprint density at radius 3 is 2.26 bits per heavy atom. The SMILES string of the molecule is CC[C@@H](CNc1ccc(N2CCOCC2)cc1)NC(=O)[C@H](CC(C)C)N[C@@H](Cc1ccccc1)C(F)(F)F. The molecule has 210 valence electrons. The summed E-state index contributed by atoms with van der Waals surface area (Å²) in [6.45, 7) is 9.41. The van der Waals surface area contributed by atoms with Crippen LogP contribution in [0, 0.1) is 5.92 Å². The van der Waals surface area contributed by atoms with Crippen LogP contribution in [-0.2, 0) is 16.0 Å². The number of anilines is 2. The largest absolute Gasteiger partial charge is 0.404 e. The highest BCUT2D eigenvalue weighted by Crippen LogP contribution is 2.25. The monoisotopic (exact) mass is 534 g/mol. The normalized spacial score (nSPS) is 16.7. The summed E-state index contributed by atoms with van der Waals surface area (Å²) in [5.74, 6) is -0.357. The van der Waals surface area contributed by atoms with E-state index in [4.69, 9.17) is 4.74 Å². The molecule has 0 spiro atoms. The van der Waals surface area contributed by atoms with Crippen molar-refractivity contribution >= 4 is 17.3 Å². The molecule has 1 amide bonds. The van der Waals surface area contributed by atoms with Crippen LogP contribution in [0.3, 0.4) is 0 Å². The van der Waals surface area contributed by atoms with E-state index in [1.54, 1.807) is 30.3 Å². The minimum absolute atomic E-state index is 0.0482. The molecule has 0 aromatic heterocycles. The average molecular weight is 535 g/mol. The quantitative estimate of drug-likeness (QED) is 0.337. The molecule has 3 N–H and O–H groups in total. The minimum atomic E-state index is -4.48. The number of rotatable bonds is 13. The molecule has 2 aromatic carbocycles. The molecule has 0 aliphatic carbocycles. The molecular formula is C29H41F3N4O2. The summed E-state index contributed by atoms with van der Waals surface area (Å²) < 4.78 is 47.2. The smallest absolute Gasteiger partial charge is 0.383 e. The van der Waals surface area contributed by atoms with E-state index in [1.165, 1.54) is 0 Å². The second kappa shape index (κ2) is 14.4.